The Hall–Kier alpha value is -3.25. The minimum atomic E-state index is -0.383. The van der Waals surface area contributed by atoms with Crippen LogP contribution in [0, 0.1) is 0 Å². The molecule has 1 aliphatic rings. The fraction of sp³-hybridized carbons (Fsp3) is 0.217. The highest BCUT2D eigenvalue weighted by Crippen LogP contribution is 2.22. The molecule has 4 rings (SSSR count). The second-order valence-corrected chi connectivity index (χ2v) is 7.54. The van der Waals surface area contributed by atoms with Gasteiger partial charge in [-0.05, 0) is 43.0 Å². The molecule has 1 aromatic heterocycles. The van der Waals surface area contributed by atoms with Crippen molar-refractivity contribution in [1.29, 1.82) is 0 Å². The van der Waals surface area contributed by atoms with Crippen molar-refractivity contribution in [2.24, 2.45) is 5.10 Å². The maximum absolute atomic E-state index is 12.8. The lowest BCUT2D eigenvalue weighted by Crippen LogP contribution is -2.32. The van der Waals surface area contributed by atoms with Crippen molar-refractivity contribution in [3.8, 4) is 11.3 Å². The van der Waals surface area contributed by atoms with E-state index in [9.17, 15) is 4.79 Å². The smallest absolute Gasteiger partial charge is 0.290 e. The molecule has 0 aliphatic carbocycles. The second-order valence-electron chi connectivity index (χ2n) is 7.11. The van der Waals surface area contributed by atoms with E-state index in [1.54, 1.807) is 24.4 Å². The second kappa shape index (κ2) is 9.50. The van der Waals surface area contributed by atoms with Gasteiger partial charge in [0.2, 0.25) is 5.95 Å². The highest BCUT2D eigenvalue weighted by molar-refractivity contribution is 6.30. The van der Waals surface area contributed by atoms with Gasteiger partial charge < -0.3 is 4.90 Å². The number of amides is 1. The lowest BCUT2D eigenvalue weighted by atomic mass is 10.1. The van der Waals surface area contributed by atoms with Gasteiger partial charge in [0.25, 0.3) is 5.91 Å². The Balaban J connectivity index is 1.59. The van der Waals surface area contributed by atoms with E-state index >= 15 is 0 Å². The quantitative estimate of drug-likeness (QED) is 0.486. The Kier molecular flexibility index (Phi) is 6.35. The van der Waals surface area contributed by atoms with Gasteiger partial charge in [0.15, 0.2) is 0 Å². The number of benzene rings is 2. The molecule has 1 fully saturated rings. The summed E-state index contributed by atoms with van der Waals surface area (Å²) in [7, 11) is 0. The summed E-state index contributed by atoms with van der Waals surface area (Å²) in [5.74, 6) is 0.200. The fourth-order valence-electron chi connectivity index (χ4n) is 3.35. The van der Waals surface area contributed by atoms with Crippen molar-refractivity contribution >= 4 is 29.7 Å². The zero-order chi connectivity index (χ0) is 20.8. The van der Waals surface area contributed by atoms with E-state index in [1.165, 1.54) is 6.42 Å². The fourth-order valence-corrected chi connectivity index (χ4v) is 3.55. The van der Waals surface area contributed by atoms with Crippen molar-refractivity contribution in [3.05, 3.63) is 76.9 Å². The van der Waals surface area contributed by atoms with Crippen LogP contribution in [0.15, 0.2) is 65.8 Å². The number of hydrazone groups is 1. The van der Waals surface area contributed by atoms with Crippen molar-refractivity contribution < 1.29 is 4.79 Å². The zero-order valence-electron chi connectivity index (χ0n) is 16.5. The van der Waals surface area contributed by atoms with Crippen LogP contribution in [-0.2, 0) is 0 Å². The highest BCUT2D eigenvalue weighted by Gasteiger charge is 2.18. The average molecular weight is 420 g/mol. The number of halogens is 1. The Morgan fingerprint density at radius 3 is 2.57 bits per heavy atom. The molecule has 2 aromatic carbocycles. The standard InChI is InChI=1S/C23H22ClN5O/c24-19-11-7-8-17(14-19)16-25-28-22(30)21-15-20(18-9-3-1-4-10-18)26-23(27-21)29-12-5-2-6-13-29/h1,3-4,7-11,14-16H,2,5-6,12-13H2,(H,28,30)/b25-16+. The molecule has 0 spiro atoms. The number of aromatic nitrogens is 2. The average Bonchev–Trinajstić information content (AvgIpc) is 2.80. The maximum Gasteiger partial charge on any atom is 0.290 e. The van der Waals surface area contributed by atoms with Gasteiger partial charge in [-0.2, -0.15) is 5.10 Å². The summed E-state index contributed by atoms with van der Waals surface area (Å²) in [5.41, 5.74) is 5.29. The number of carbonyl (C=O) groups is 1. The lowest BCUT2D eigenvalue weighted by Gasteiger charge is -2.27. The predicted octanol–water partition coefficient (Wildman–Crippen LogP) is 4.55. The first-order valence-electron chi connectivity index (χ1n) is 9.97. The molecule has 3 aromatic rings. The monoisotopic (exact) mass is 419 g/mol. The Morgan fingerprint density at radius 1 is 1.00 bits per heavy atom. The normalized spacial score (nSPS) is 14.1. The summed E-state index contributed by atoms with van der Waals surface area (Å²) in [4.78, 5) is 24.2. The van der Waals surface area contributed by atoms with Crippen molar-refractivity contribution in [1.82, 2.24) is 15.4 Å². The topological polar surface area (TPSA) is 70.5 Å². The Bertz CT molecular complexity index is 1050. The lowest BCUT2D eigenvalue weighted by molar-refractivity contribution is 0.0950. The molecule has 6 nitrogen and oxygen atoms in total. The minimum Gasteiger partial charge on any atom is -0.341 e. The third-order valence-electron chi connectivity index (χ3n) is 4.88. The van der Waals surface area contributed by atoms with E-state index in [1.807, 2.05) is 42.5 Å². The van der Waals surface area contributed by atoms with Crippen LogP contribution in [0.25, 0.3) is 11.3 Å². The molecule has 1 N–H and O–H groups in total. The number of rotatable bonds is 5. The van der Waals surface area contributed by atoms with E-state index in [2.05, 4.69) is 20.4 Å². The first-order chi connectivity index (χ1) is 14.7. The number of piperidine rings is 1. The number of carbonyl (C=O) groups excluding carboxylic acids is 1. The van der Waals surface area contributed by atoms with Gasteiger partial charge in [0.05, 0.1) is 11.9 Å². The molecule has 0 unspecified atom stereocenters. The molecule has 0 atom stereocenters. The van der Waals surface area contributed by atoms with Crippen LogP contribution < -0.4 is 10.3 Å². The summed E-state index contributed by atoms with van der Waals surface area (Å²) < 4.78 is 0. The summed E-state index contributed by atoms with van der Waals surface area (Å²) in [5, 5.41) is 4.66. The van der Waals surface area contributed by atoms with Gasteiger partial charge in [0.1, 0.15) is 5.69 Å². The van der Waals surface area contributed by atoms with Gasteiger partial charge in [-0.3, -0.25) is 4.79 Å². The van der Waals surface area contributed by atoms with E-state index in [-0.39, 0.29) is 11.6 Å². The number of hydrogen-bond acceptors (Lipinski definition) is 5. The highest BCUT2D eigenvalue weighted by atomic mass is 35.5. The van der Waals surface area contributed by atoms with Gasteiger partial charge in [-0.15, -0.1) is 0 Å². The van der Waals surface area contributed by atoms with Crippen LogP contribution in [0.2, 0.25) is 5.02 Å². The molecular weight excluding hydrogens is 398 g/mol. The molecule has 0 saturated carbocycles. The van der Waals surface area contributed by atoms with Gasteiger partial charge in [-0.1, -0.05) is 54.1 Å². The Morgan fingerprint density at radius 2 is 1.80 bits per heavy atom. The summed E-state index contributed by atoms with van der Waals surface area (Å²) in [6, 6.07) is 18.7. The SMILES string of the molecule is O=C(N/N=C/c1cccc(Cl)c1)c1cc(-c2ccccc2)nc(N2CCCCC2)n1. The third kappa shape index (κ3) is 5.02. The molecule has 0 radical (unpaired) electrons. The first-order valence-corrected chi connectivity index (χ1v) is 10.4. The zero-order valence-corrected chi connectivity index (χ0v) is 17.2. The summed E-state index contributed by atoms with van der Waals surface area (Å²) in [6.07, 6.45) is 4.96. The van der Waals surface area contributed by atoms with Crippen LogP contribution in [-0.4, -0.2) is 35.2 Å². The van der Waals surface area contributed by atoms with Crippen molar-refractivity contribution in [2.45, 2.75) is 19.3 Å². The molecule has 2 heterocycles. The number of nitrogens with zero attached hydrogens (tertiary/aromatic N) is 4. The molecule has 30 heavy (non-hydrogen) atoms. The van der Waals surface area contributed by atoms with E-state index in [4.69, 9.17) is 16.6 Å². The maximum atomic E-state index is 12.8. The predicted molar refractivity (Wildman–Crippen MR) is 120 cm³/mol. The molecular formula is C23H22ClN5O. The van der Waals surface area contributed by atoms with Crippen LogP contribution in [0.5, 0.6) is 0 Å². The molecule has 152 valence electrons. The number of anilines is 1. The van der Waals surface area contributed by atoms with Crippen LogP contribution >= 0.6 is 11.6 Å². The largest absolute Gasteiger partial charge is 0.341 e. The van der Waals surface area contributed by atoms with Gasteiger partial charge >= 0.3 is 0 Å². The number of nitrogens with one attached hydrogen (secondary N) is 1. The molecule has 1 aliphatic heterocycles. The van der Waals surface area contributed by atoms with Crippen molar-refractivity contribution in [3.63, 3.8) is 0 Å². The Labute approximate surface area is 180 Å². The first kappa shape index (κ1) is 20.0. The van der Waals surface area contributed by atoms with Crippen LogP contribution in [0.1, 0.15) is 35.3 Å². The van der Waals surface area contributed by atoms with Crippen LogP contribution in [0.3, 0.4) is 0 Å². The molecule has 1 saturated heterocycles. The minimum absolute atomic E-state index is 0.285. The van der Waals surface area contributed by atoms with E-state index < -0.39 is 0 Å². The summed E-state index contributed by atoms with van der Waals surface area (Å²) >= 11 is 5.98. The van der Waals surface area contributed by atoms with E-state index in [0.717, 1.165) is 42.8 Å². The van der Waals surface area contributed by atoms with Gasteiger partial charge in [-0.25, -0.2) is 15.4 Å². The molecule has 7 heteroatoms. The third-order valence-corrected chi connectivity index (χ3v) is 5.12. The molecule has 1 amide bonds. The van der Waals surface area contributed by atoms with E-state index in [0.29, 0.717) is 11.0 Å². The molecule has 0 bridgehead atoms. The van der Waals surface area contributed by atoms with Crippen molar-refractivity contribution in [2.75, 3.05) is 18.0 Å². The number of hydrogen-bond donors (Lipinski definition) is 1. The van der Waals surface area contributed by atoms with Gasteiger partial charge in [0, 0.05) is 23.7 Å². The van der Waals surface area contributed by atoms with Crippen LogP contribution in [0.4, 0.5) is 5.95 Å². The summed E-state index contributed by atoms with van der Waals surface area (Å²) in [6.45, 7) is 1.79.